The standard InChI is InChI=1S/C29H19BrClNSi/c30-22-11-13-28-26(17-22)27-18-23(31)12-14-29(27)33(28,24-8-2-1-3-9-24)25-10-4-6-20(16-25)21-7-5-15-32-19-21/h1-19H. The van der Waals surface area contributed by atoms with Crippen molar-refractivity contribution in [1.29, 1.82) is 0 Å². The molecule has 5 aromatic rings. The molecule has 0 N–H and O–H groups in total. The molecule has 0 bridgehead atoms. The van der Waals surface area contributed by atoms with E-state index in [1.165, 1.54) is 37.4 Å². The predicted octanol–water partition coefficient (Wildman–Crippen LogP) is 5.52. The first-order valence-corrected chi connectivity index (χ1v) is 14.0. The number of nitrogens with zero attached hydrogens (tertiary/aromatic N) is 1. The maximum Gasteiger partial charge on any atom is 0.180 e. The van der Waals surface area contributed by atoms with E-state index >= 15 is 0 Å². The second-order valence-electron chi connectivity index (χ2n) is 8.32. The van der Waals surface area contributed by atoms with E-state index in [2.05, 4.69) is 112 Å². The largest absolute Gasteiger partial charge is 0.264 e. The van der Waals surface area contributed by atoms with Gasteiger partial charge in [-0.1, -0.05) is 100 Å². The van der Waals surface area contributed by atoms with Crippen LogP contribution in [0.3, 0.4) is 0 Å². The summed E-state index contributed by atoms with van der Waals surface area (Å²) >= 11 is 10.2. The first-order valence-electron chi connectivity index (χ1n) is 10.8. The van der Waals surface area contributed by atoms with Gasteiger partial charge in [-0.25, -0.2) is 0 Å². The molecular formula is C29H19BrClNSi. The number of hydrogen-bond donors (Lipinski definition) is 0. The van der Waals surface area contributed by atoms with E-state index in [0.717, 1.165) is 15.1 Å². The maximum absolute atomic E-state index is 6.52. The van der Waals surface area contributed by atoms with Gasteiger partial charge < -0.3 is 0 Å². The molecule has 1 unspecified atom stereocenters. The van der Waals surface area contributed by atoms with Gasteiger partial charge >= 0.3 is 0 Å². The van der Waals surface area contributed by atoms with Crippen molar-refractivity contribution in [3.05, 3.63) is 125 Å². The molecular weight excluding hydrogens is 506 g/mol. The van der Waals surface area contributed by atoms with Crippen molar-refractivity contribution >= 4 is 56.4 Å². The summed E-state index contributed by atoms with van der Waals surface area (Å²) in [7, 11) is -2.54. The van der Waals surface area contributed by atoms with Crippen LogP contribution in [-0.4, -0.2) is 13.1 Å². The van der Waals surface area contributed by atoms with Crippen molar-refractivity contribution in [3.8, 4) is 22.3 Å². The Morgan fingerprint density at radius 3 is 2.15 bits per heavy atom. The molecule has 6 rings (SSSR count). The van der Waals surface area contributed by atoms with Crippen LogP contribution in [0.25, 0.3) is 22.3 Å². The Labute approximate surface area is 207 Å². The van der Waals surface area contributed by atoms with Crippen molar-refractivity contribution in [2.24, 2.45) is 0 Å². The van der Waals surface area contributed by atoms with E-state index in [-0.39, 0.29) is 0 Å². The van der Waals surface area contributed by atoms with Crippen molar-refractivity contribution in [2.75, 3.05) is 0 Å². The fourth-order valence-electron chi connectivity index (χ4n) is 5.22. The third-order valence-corrected chi connectivity index (χ3v) is 12.2. The summed E-state index contributed by atoms with van der Waals surface area (Å²) in [5.74, 6) is 0. The fourth-order valence-corrected chi connectivity index (χ4v) is 10.9. The lowest BCUT2D eigenvalue weighted by Gasteiger charge is -2.31. The van der Waals surface area contributed by atoms with Gasteiger partial charge in [0.25, 0.3) is 0 Å². The molecule has 0 spiro atoms. The van der Waals surface area contributed by atoms with Crippen LogP contribution in [0.5, 0.6) is 0 Å². The minimum Gasteiger partial charge on any atom is -0.264 e. The van der Waals surface area contributed by atoms with Crippen molar-refractivity contribution < 1.29 is 0 Å². The first kappa shape index (κ1) is 20.6. The minimum absolute atomic E-state index is 0.765. The average molecular weight is 525 g/mol. The molecule has 0 saturated carbocycles. The third kappa shape index (κ3) is 3.23. The van der Waals surface area contributed by atoms with Crippen LogP contribution in [0.1, 0.15) is 0 Å². The van der Waals surface area contributed by atoms with Crippen molar-refractivity contribution in [2.45, 2.75) is 0 Å². The predicted molar refractivity (Wildman–Crippen MR) is 145 cm³/mol. The number of hydrogen-bond acceptors (Lipinski definition) is 1. The van der Waals surface area contributed by atoms with Crippen LogP contribution in [-0.2, 0) is 0 Å². The summed E-state index contributed by atoms with van der Waals surface area (Å²) in [6, 6.07) is 37.3. The summed E-state index contributed by atoms with van der Waals surface area (Å²) in [5.41, 5.74) is 4.82. The zero-order valence-electron chi connectivity index (χ0n) is 17.7. The quantitative estimate of drug-likeness (QED) is 0.278. The molecule has 0 saturated heterocycles. The van der Waals surface area contributed by atoms with Gasteiger partial charge in [-0.05, 0) is 73.3 Å². The Bertz CT molecular complexity index is 1430. The SMILES string of the molecule is Clc1ccc2c(c1)-c1cc(Br)ccc1[Si]2(c1ccccc1)c1cccc(-c2cccnc2)c1. The van der Waals surface area contributed by atoms with Crippen LogP contribution in [0.15, 0.2) is 120 Å². The normalized spacial score (nSPS) is 16.3. The van der Waals surface area contributed by atoms with E-state index in [1.807, 2.05) is 24.5 Å². The van der Waals surface area contributed by atoms with E-state index in [4.69, 9.17) is 11.6 Å². The van der Waals surface area contributed by atoms with Gasteiger partial charge in [-0.15, -0.1) is 0 Å². The molecule has 0 amide bonds. The van der Waals surface area contributed by atoms with E-state index < -0.39 is 8.07 Å². The van der Waals surface area contributed by atoms with E-state index in [9.17, 15) is 0 Å². The summed E-state index contributed by atoms with van der Waals surface area (Å²) in [6.45, 7) is 0. The number of benzene rings is 4. The summed E-state index contributed by atoms with van der Waals surface area (Å²) in [6.07, 6.45) is 3.75. The number of fused-ring (bicyclic) bond motifs is 3. The van der Waals surface area contributed by atoms with Gasteiger partial charge in [0, 0.05) is 21.9 Å². The second kappa shape index (κ2) is 8.10. The summed E-state index contributed by atoms with van der Waals surface area (Å²) < 4.78 is 1.08. The second-order valence-corrected chi connectivity index (χ2v) is 13.4. The van der Waals surface area contributed by atoms with Crippen LogP contribution in [0, 0.1) is 0 Å². The molecule has 4 aromatic carbocycles. The van der Waals surface area contributed by atoms with Crippen LogP contribution in [0.4, 0.5) is 0 Å². The molecule has 33 heavy (non-hydrogen) atoms. The smallest absolute Gasteiger partial charge is 0.180 e. The van der Waals surface area contributed by atoms with Gasteiger partial charge in [0.15, 0.2) is 8.07 Å². The Hall–Kier alpha value is -2.98. The van der Waals surface area contributed by atoms with Gasteiger partial charge in [0.05, 0.1) is 0 Å². The van der Waals surface area contributed by atoms with Crippen molar-refractivity contribution in [1.82, 2.24) is 4.98 Å². The lowest BCUT2D eigenvalue weighted by atomic mass is 10.1. The molecule has 1 aromatic heterocycles. The molecule has 158 valence electrons. The maximum atomic E-state index is 6.52. The molecule has 1 aliphatic heterocycles. The first-order chi connectivity index (χ1) is 16.2. The Kier molecular flexibility index (Phi) is 5.06. The lowest BCUT2D eigenvalue weighted by molar-refractivity contribution is 1.33. The molecule has 2 heterocycles. The highest BCUT2D eigenvalue weighted by atomic mass is 79.9. The van der Waals surface area contributed by atoms with Crippen LogP contribution < -0.4 is 20.7 Å². The van der Waals surface area contributed by atoms with Crippen LogP contribution >= 0.6 is 27.5 Å². The lowest BCUT2D eigenvalue weighted by Crippen LogP contribution is -2.72. The molecule has 0 radical (unpaired) electrons. The molecule has 1 atom stereocenters. The number of aromatic nitrogens is 1. The Morgan fingerprint density at radius 1 is 0.636 bits per heavy atom. The van der Waals surface area contributed by atoms with Gasteiger partial charge in [-0.3, -0.25) is 4.98 Å². The summed E-state index contributed by atoms with van der Waals surface area (Å²) in [4.78, 5) is 4.35. The Morgan fingerprint density at radius 2 is 1.36 bits per heavy atom. The molecule has 0 fully saturated rings. The average Bonchev–Trinajstić information content (AvgIpc) is 3.15. The molecule has 4 heteroatoms. The van der Waals surface area contributed by atoms with Gasteiger partial charge in [0.1, 0.15) is 0 Å². The third-order valence-electron chi connectivity index (χ3n) is 6.56. The van der Waals surface area contributed by atoms with Gasteiger partial charge in [0.2, 0.25) is 0 Å². The fraction of sp³-hybridized carbons (Fsp3) is 0. The topological polar surface area (TPSA) is 12.9 Å². The minimum atomic E-state index is -2.54. The highest BCUT2D eigenvalue weighted by molar-refractivity contribution is 9.10. The molecule has 1 nitrogen and oxygen atoms in total. The Balaban J connectivity index is 1.73. The monoisotopic (exact) mass is 523 g/mol. The number of rotatable bonds is 3. The number of pyridine rings is 1. The molecule has 0 aliphatic carbocycles. The van der Waals surface area contributed by atoms with E-state index in [0.29, 0.717) is 0 Å². The zero-order chi connectivity index (χ0) is 22.4. The highest BCUT2D eigenvalue weighted by Crippen LogP contribution is 2.32. The summed E-state index contributed by atoms with van der Waals surface area (Å²) in [5, 5.41) is 6.28. The number of halogens is 2. The molecule has 1 aliphatic rings. The van der Waals surface area contributed by atoms with Gasteiger partial charge in [-0.2, -0.15) is 0 Å². The highest BCUT2D eigenvalue weighted by Gasteiger charge is 2.48. The van der Waals surface area contributed by atoms with Crippen molar-refractivity contribution in [3.63, 3.8) is 0 Å². The zero-order valence-corrected chi connectivity index (χ0v) is 21.0. The van der Waals surface area contributed by atoms with E-state index in [1.54, 1.807) is 0 Å². The van der Waals surface area contributed by atoms with Crippen LogP contribution in [0.2, 0.25) is 5.02 Å².